The highest BCUT2D eigenvalue weighted by molar-refractivity contribution is 7.98. The maximum atomic E-state index is 13.0. The maximum Gasteiger partial charge on any atom is 0.237 e. The fourth-order valence-corrected chi connectivity index (χ4v) is 3.45. The van der Waals surface area contributed by atoms with Gasteiger partial charge in [-0.05, 0) is 42.5 Å². The van der Waals surface area contributed by atoms with E-state index in [0.29, 0.717) is 49.6 Å². The summed E-state index contributed by atoms with van der Waals surface area (Å²) in [5.41, 5.74) is 1.23. The van der Waals surface area contributed by atoms with Gasteiger partial charge < -0.3 is 10.4 Å². The number of aromatic nitrogens is 5. The van der Waals surface area contributed by atoms with Crippen molar-refractivity contribution < 1.29 is 8.91 Å². The van der Waals surface area contributed by atoms with E-state index in [1.165, 1.54) is 28.6 Å². The SMILES string of the molecule is Nn1c(SCc2nc(-c3ccc(F)cc3)no2)nnc1-c1cc(Cl)ccc1Cl. The van der Waals surface area contributed by atoms with Gasteiger partial charge in [-0.25, -0.2) is 9.07 Å². The molecule has 0 fully saturated rings. The maximum absolute atomic E-state index is 13.0. The van der Waals surface area contributed by atoms with Crippen molar-refractivity contribution in [2.45, 2.75) is 10.9 Å². The fourth-order valence-electron chi connectivity index (χ4n) is 2.38. The number of thioether (sulfide) groups is 1. The number of nitrogens with zero attached hydrogens (tertiary/aromatic N) is 5. The van der Waals surface area contributed by atoms with Gasteiger partial charge in [-0.2, -0.15) is 4.98 Å². The van der Waals surface area contributed by atoms with Crippen molar-refractivity contribution >= 4 is 35.0 Å². The molecule has 0 radical (unpaired) electrons. The third kappa shape index (κ3) is 3.82. The molecule has 2 heterocycles. The normalized spacial score (nSPS) is 11.1. The molecule has 0 unspecified atom stereocenters. The van der Waals surface area contributed by atoms with Gasteiger partial charge in [-0.1, -0.05) is 40.1 Å². The molecule has 0 bridgehead atoms. The molecule has 0 aliphatic rings. The third-order valence-electron chi connectivity index (χ3n) is 3.73. The first kappa shape index (κ1) is 18.7. The van der Waals surface area contributed by atoms with Crippen LogP contribution in [-0.4, -0.2) is 25.0 Å². The first-order valence-corrected chi connectivity index (χ1v) is 9.62. The molecule has 0 atom stereocenters. The van der Waals surface area contributed by atoms with Gasteiger partial charge in [-0.3, -0.25) is 0 Å². The lowest BCUT2D eigenvalue weighted by atomic mass is 10.2. The zero-order valence-corrected chi connectivity index (χ0v) is 16.3. The summed E-state index contributed by atoms with van der Waals surface area (Å²) in [5, 5.41) is 13.5. The molecule has 0 amide bonds. The predicted molar refractivity (Wildman–Crippen MR) is 105 cm³/mol. The van der Waals surface area contributed by atoms with Gasteiger partial charge in [0.25, 0.3) is 0 Å². The van der Waals surface area contributed by atoms with E-state index < -0.39 is 0 Å². The Hall–Kier alpha value is -2.62. The molecule has 4 rings (SSSR count). The summed E-state index contributed by atoms with van der Waals surface area (Å²) in [6, 6.07) is 10.8. The van der Waals surface area contributed by atoms with Crippen LogP contribution in [0, 0.1) is 5.82 Å². The van der Waals surface area contributed by atoms with Crippen LogP contribution in [0.5, 0.6) is 0 Å². The van der Waals surface area contributed by atoms with Crippen molar-refractivity contribution in [1.82, 2.24) is 25.0 Å². The van der Waals surface area contributed by atoms with E-state index in [-0.39, 0.29) is 5.82 Å². The van der Waals surface area contributed by atoms with Crippen LogP contribution >= 0.6 is 35.0 Å². The van der Waals surface area contributed by atoms with E-state index in [2.05, 4.69) is 20.3 Å². The first-order valence-electron chi connectivity index (χ1n) is 7.88. The van der Waals surface area contributed by atoms with Gasteiger partial charge >= 0.3 is 0 Å². The lowest BCUT2D eigenvalue weighted by molar-refractivity contribution is 0.391. The van der Waals surface area contributed by atoms with Gasteiger partial charge in [0.15, 0.2) is 5.82 Å². The monoisotopic (exact) mass is 436 g/mol. The predicted octanol–water partition coefficient (Wildman–Crippen LogP) is 4.45. The van der Waals surface area contributed by atoms with Crippen LogP contribution < -0.4 is 5.84 Å². The van der Waals surface area contributed by atoms with Crippen LogP contribution in [-0.2, 0) is 5.75 Å². The second-order valence-corrected chi connectivity index (χ2v) is 7.39. The highest BCUT2D eigenvalue weighted by atomic mass is 35.5. The van der Waals surface area contributed by atoms with Crippen molar-refractivity contribution in [3.05, 3.63) is 64.2 Å². The number of hydrogen-bond donors (Lipinski definition) is 1. The van der Waals surface area contributed by atoms with Crippen LogP contribution in [0.2, 0.25) is 10.0 Å². The molecule has 0 spiro atoms. The number of nitrogens with two attached hydrogens (primary N) is 1. The minimum atomic E-state index is -0.332. The zero-order valence-electron chi connectivity index (χ0n) is 14.0. The molecule has 0 saturated heterocycles. The minimum Gasteiger partial charge on any atom is -0.338 e. The largest absolute Gasteiger partial charge is 0.338 e. The average molecular weight is 437 g/mol. The quantitative estimate of drug-likeness (QED) is 0.364. The number of benzene rings is 2. The van der Waals surface area contributed by atoms with Crippen molar-refractivity contribution in [2.75, 3.05) is 5.84 Å². The zero-order chi connectivity index (χ0) is 19.7. The van der Waals surface area contributed by atoms with Crippen molar-refractivity contribution in [1.29, 1.82) is 0 Å². The molecular formula is C17H11Cl2FN6OS. The molecular weight excluding hydrogens is 426 g/mol. The Balaban J connectivity index is 1.50. The molecule has 2 aromatic carbocycles. The average Bonchev–Trinajstić information content (AvgIpc) is 3.30. The van der Waals surface area contributed by atoms with Gasteiger partial charge in [0.1, 0.15) is 5.82 Å². The molecule has 4 aromatic rings. The van der Waals surface area contributed by atoms with E-state index in [0.717, 1.165) is 0 Å². The molecule has 2 aromatic heterocycles. The Morgan fingerprint density at radius 1 is 1.11 bits per heavy atom. The summed E-state index contributed by atoms with van der Waals surface area (Å²) in [7, 11) is 0. The molecule has 0 aliphatic carbocycles. The summed E-state index contributed by atoms with van der Waals surface area (Å²) < 4.78 is 19.6. The van der Waals surface area contributed by atoms with Gasteiger partial charge in [-0.15, -0.1) is 10.2 Å². The molecule has 142 valence electrons. The van der Waals surface area contributed by atoms with Crippen LogP contribution in [0.15, 0.2) is 52.1 Å². The Morgan fingerprint density at radius 2 is 1.89 bits per heavy atom. The lowest BCUT2D eigenvalue weighted by Crippen LogP contribution is -2.11. The molecule has 7 nitrogen and oxygen atoms in total. The van der Waals surface area contributed by atoms with E-state index in [4.69, 9.17) is 33.6 Å². The van der Waals surface area contributed by atoms with E-state index in [1.54, 1.807) is 30.3 Å². The van der Waals surface area contributed by atoms with Crippen molar-refractivity contribution in [3.63, 3.8) is 0 Å². The highest BCUT2D eigenvalue weighted by Gasteiger charge is 2.17. The summed E-state index contributed by atoms with van der Waals surface area (Å²) in [4.78, 5) is 4.29. The van der Waals surface area contributed by atoms with Crippen molar-refractivity contribution in [3.8, 4) is 22.8 Å². The number of hydrogen-bond acceptors (Lipinski definition) is 7. The summed E-state index contributed by atoms with van der Waals surface area (Å²) in [5.74, 6) is 7.21. The minimum absolute atomic E-state index is 0.326. The standard InChI is InChI=1S/C17H11Cl2FN6OS/c18-10-3-6-13(19)12(7-10)16-23-24-17(26(16)21)28-8-14-22-15(25-27-14)9-1-4-11(20)5-2-9/h1-7H,8,21H2. The first-order chi connectivity index (χ1) is 13.5. The Kier molecular flexibility index (Phi) is 5.21. The van der Waals surface area contributed by atoms with E-state index >= 15 is 0 Å². The number of nitrogen functional groups attached to an aromatic ring is 1. The highest BCUT2D eigenvalue weighted by Crippen LogP contribution is 2.31. The number of rotatable bonds is 5. The van der Waals surface area contributed by atoms with Crippen molar-refractivity contribution in [2.24, 2.45) is 0 Å². The van der Waals surface area contributed by atoms with E-state index in [9.17, 15) is 4.39 Å². The molecule has 0 aliphatic heterocycles. The Labute approximate surface area is 172 Å². The summed E-state index contributed by atoms with van der Waals surface area (Å²) in [6.07, 6.45) is 0. The van der Waals surface area contributed by atoms with Crippen LogP contribution in [0.4, 0.5) is 4.39 Å². The summed E-state index contributed by atoms with van der Waals surface area (Å²) >= 11 is 13.5. The molecule has 28 heavy (non-hydrogen) atoms. The fraction of sp³-hybridized carbons (Fsp3) is 0.0588. The number of halogens is 3. The lowest BCUT2D eigenvalue weighted by Gasteiger charge is -2.05. The third-order valence-corrected chi connectivity index (χ3v) is 5.22. The topological polar surface area (TPSA) is 95.7 Å². The Morgan fingerprint density at radius 3 is 2.68 bits per heavy atom. The van der Waals surface area contributed by atoms with Crippen LogP contribution in [0.3, 0.4) is 0 Å². The molecule has 2 N–H and O–H groups in total. The van der Waals surface area contributed by atoms with Gasteiger partial charge in [0, 0.05) is 16.1 Å². The molecule has 0 saturated carbocycles. The van der Waals surface area contributed by atoms with Crippen LogP contribution in [0.1, 0.15) is 5.89 Å². The van der Waals surface area contributed by atoms with Crippen LogP contribution in [0.25, 0.3) is 22.8 Å². The second-order valence-electron chi connectivity index (χ2n) is 5.61. The van der Waals surface area contributed by atoms with Gasteiger partial charge in [0.05, 0.1) is 10.8 Å². The van der Waals surface area contributed by atoms with E-state index in [1.807, 2.05) is 0 Å². The molecule has 11 heteroatoms. The smallest absolute Gasteiger partial charge is 0.237 e. The van der Waals surface area contributed by atoms with Gasteiger partial charge in [0.2, 0.25) is 16.9 Å². The Bertz CT molecular complexity index is 1130. The summed E-state index contributed by atoms with van der Waals surface area (Å²) in [6.45, 7) is 0. The second kappa shape index (κ2) is 7.78.